The van der Waals surface area contributed by atoms with Crippen LogP contribution in [0, 0.1) is 11.7 Å². The fourth-order valence-corrected chi connectivity index (χ4v) is 1.98. The molecule has 1 heterocycles. The van der Waals surface area contributed by atoms with Gasteiger partial charge in [0.2, 0.25) is 4.77 Å². The summed E-state index contributed by atoms with van der Waals surface area (Å²) in [5, 5.41) is 5.04. The Labute approximate surface area is 99.1 Å². The van der Waals surface area contributed by atoms with Crippen LogP contribution >= 0.6 is 28.1 Å². The number of hydrogen-bond acceptors (Lipinski definition) is 2. The molecule has 2 aromatic rings. The number of nitrogens with zero attached hydrogens (tertiary/aromatic N) is 1. The van der Waals surface area contributed by atoms with Crippen molar-refractivity contribution < 1.29 is 0 Å². The third kappa shape index (κ3) is 1.82. The molecule has 0 bridgehead atoms. The fraction of sp³-hybridized carbons (Fsp3) is 0.111. The summed E-state index contributed by atoms with van der Waals surface area (Å²) < 4.78 is 2.59. The second-order valence-corrected chi connectivity index (χ2v) is 4.39. The highest BCUT2D eigenvalue weighted by Gasteiger charge is 2.07. The van der Waals surface area contributed by atoms with E-state index in [1.165, 1.54) is 4.57 Å². The average Bonchev–Trinajstić information content (AvgIpc) is 2.51. The first kappa shape index (κ1) is 10.4. The van der Waals surface area contributed by atoms with E-state index >= 15 is 0 Å². The Bertz CT molecular complexity index is 583. The van der Waals surface area contributed by atoms with Crippen molar-refractivity contribution in [3.63, 3.8) is 0 Å². The maximum Gasteiger partial charge on any atom is 0.347 e. The van der Waals surface area contributed by atoms with Gasteiger partial charge in [0.05, 0.1) is 5.69 Å². The highest BCUT2D eigenvalue weighted by Crippen LogP contribution is 2.20. The summed E-state index contributed by atoms with van der Waals surface area (Å²) >= 11 is 8.40. The molecule has 0 saturated heterocycles. The van der Waals surface area contributed by atoms with Crippen LogP contribution in [-0.4, -0.2) is 14.8 Å². The van der Waals surface area contributed by atoms with E-state index in [1.807, 2.05) is 25.1 Å². The second kappa shape index (κ2) is 3.79. The summed E-state index contributed by atoms with van der Waals surface area (Å²) in [6.45, 7) is 1.96. The Hall–Kier alpha value is -1.14. The molecule has 0 fully saturated rings. The number of aryl methyl sites for hydroxylation is 1. The minimum Gasteiger partial charge on any atom is -0.272 e. The number of aromatic amines is 2. The molecular weight excluding hydrogens is 278 g/mol. The Morgan fingerprint density at radius 3 is 2.73 bits per heavy atom. The maximum absolute atomic E-state index is 11.5. The van der Waals surface area contributed by atoms with Crippen LogP contribution in [0.5, 0.6) is 0 Å². The molecule has 6 heteroatoms. The highest BCUT2D eigenvalue weighted by molar-refractivity contribution is 9.10. The van der Waals surface area contributed by atoms with E-state index in [2.05, 4.69) is 26.1 Å². The van der Waals surface area contributed by atoms with E-state index in [4.69, 9.17) is 12.2 Å². The third-order valence-corrected chi connectivity index (χ3v) is 2.98. The van der Waals surface area contributed by atoms with Gasteiger partial charge in [-0.3, -0.25) is 5.10 Å². The van der Waals surface area contributed by atoms with Crippen molar-refractivity contribution in [2.24, 2.45) is 0 Å². The average molecular weight is 286 g/mol. The number of aromatic nitrogens is 3. The van der Waals surface area contributed by atoms with Crippen molar-refractivity contribution in [1.29, 1.82) is 0 Å². The molecular formula is C9H8BrN3OS. The lowest BCUT2D eigenvalue weighted by Gasteiger charge is -2.04. The quantitative estimate of drug-likeness (QED) is 0.790. The smallest absolute Gasteiger partial charge is 0.272 e. The zero-order valence-electron chi connectivity index (χ0n) is 7.87. The number of H-pyrrole nitrogens is 2. The monoisotopic (exact) mass is 285 g/mol. The Morgan fingerprint density at radius 1 is 1.40 bits per heavy atom. The van der Waals surface area contributed by atoms with Gasteiger partial charge >= 0.3 is 5.69 Å². The van der Waals surface area contributed by atoms with Gasteiger partial charge in [0.25, 0.3) is 0 Å². The van der Waals surface area contributed by atoms with Crippen LogP contribution in [0.2, 0.25) is 0 Å². The first-order valence-electron chi connectivity index (χ1n) is 4.26. The minimum absolute atomic E-state index is 0.272. The first-order valence-corrected chi connectivity index (χ1v) is 5.46. The van der Waals surface area contributed by atoms with Crippen molar-refractivity contribution >= 4 is 28.1 Å². The van der Waals surface area contributed by atoms with Gasteiger partial charge in [-0.1, -0.05) is 6.07 Å². The predicted molar refractivity (Wildman–Crippen MR) is 64.0 cm³/mol. The number of hydrogen-bond donors (Lipinski definition) is 2. The van der Waals surface area contributed by atoms with Gasteiger partial charge in [0.1, 0.15) is 0 Å². The molecule has 0 aliphatic heterocycles. The lowest BCUT2D eigenvalue weighted by atomic mass is 10.2. The van der Waals surface area contributed by atoms with Crippen LogP contribution in [0.1, 0.15) is 5.56 Å². The van der Waals surface area contributed by atoms with Crippen LogP contribution in [0.3, 0.4) is 0 Å². The third-order valence-electron chi connectivity index (χ3n) is 2.03. The molecule has 4 nitrogen and oxygen atoms in total. The fourth-order valence-electron chi connectivity index (χ4n) is 1.32. The molecule has 0 radical (unpaired) electrons. The summed E-state index contributed by atoms with van der Waals surface area (Å²) in [5.41, 5.74) is 1.53. The van der Waals surface area contributed by atoms with Gasteiger partial charge in [0.15, 0.2) is 0 Å². The Morgan fingerprint density at radius 2 is 2.13 bits per heavy atom. The van der Waals surface area contributed by atoms with Crippen LogP contribution in [0.4, 0.5) is 0 Å². The van der Waals surface area contributed by atoms with Crippen molar-refractivity contribution in [3.8, 4) is 5.69 Å². The van der Waals surface area contributed by atoms with Crippen LogP contribution < -0.4 is 5.69 Å². The molecule has 0 amide bonds. The van der Waals surface area contributed by atoms with Crippen LogP contribution in [0.25, 0.3) is 5.69 Å². The van der Waals surface area contributed by atoms with Gasteiger partial charge in [-0.05, 0) is 52.8 Å². The number of benzene rings is 1. The summed E-state index contributed by atoms with van der Waals surface area (Å²) in [5.74, 6) is 0. The molecule has 0 saturated carbocycles. The standard InChI is InChI=1S/C9H8BrN3OS/c1-5-2-3-6(10)7(4-5)13-8(14)11-12-9(13)15/h2-4H,1H3,(H,11,14)(H,12,15). The van der Waals surface area contributed by atoms with E-state index in [1.54, 1.807) is 0 Å². The molecule has 0 spiro atoms. The second-order valence-electron chi connectivity index (χ2n) is 3.15. The highest BCUT2D eigenvalue weighted by atomic mass is 79.9. The van der Waals surface area contributed by atoms with E-state index < -0.39 is 0 Å². The van der Waals surface area contributed by atoms with E-state index in [0.29, 0.717) is 4.77 Å². The van der Waals surface area contributed by atoms with Gasteiger partial charge < -0.3 is 0 Å². The maximum atomic E-state index is 11.5. The van der Waals surface area contributed by atoms with E-state index in [-0.39, 0.29) is 5.69 Å². The van der Waals surface area contributed by atoms with Gasteiger partial charge in [-0.25, -0.2) is 14.5 Å². The molecule has 1 aromatic heterocycles. The summed E-state index contributed by atoms with van der Waals surface area (Å²) in [6, 6.07) is 5.74. The number of nitrogens with one attached hydrogen (secondary N) is 2. The molecule has 78 valence electrons. The Balaban J connectivity index is 2.79. The van der Waals surface area contributed by atoms with Crippen LogP contribution in [-0.2, 0) is 0 Å². The normalized spacial score (nSPS) is 10.5. The van der Waals surface area contributed by atoms with E-state index in [9.17, 15) is 4.79 Å². The van der Waals surface area contributed by atoms with Gasteiger partial charge in [0, 0.05) is 4.47 Å². The number of rotatable bonds is 1. The lowest BCUT2D eigenvalue weighted by Crippen LogP contribution is -2.15. The molecule has 0 aliphatic carbocycles. The zero-order chi connectivity index (χ0) is 11.0. The zero-order valence-corrected chi connectivity index (χ0v) is 10.3. The van der Waals surface area contributed by atoms with Crippen molar-refractivity contribution in [2.45, 2.75) is 6.92 Å². The molecule has 0 unspecified atom stereocenters. The van der Waals surface area contributed by atoms with Crippen molar-refractivity contribution in [1.82, 2.24) is 14.8 Å². The van der Waals surface area contributed by atoms with E-state index in [0.717, 1.165) is 15.7 Å². The first-order chi connectivity index (χ1) is 7.09. The lowest BCUT2D eigenvalue weighted by molar-refractivity contribution is 0.967. The predicted octanol–water partition coefficient (Wildman–Crippen LogP) is 2.29. The molecule has 2 N–H and O–H groups in total. The summed E-state index contributed by atoms with van der Waals surface area (Å²) in [4.78, 5) is 11.5. The SMILES string of the molecule is Cc1ccc(Br)c(-n2c(=O)[nH][nH]c2=S)c1. The molecule has 2 rings (SSSR count). The van der Waals surface area contributed by atoms with Crippen molar-refractivity contribution in [2.75, 3.05) is 0 Å². The molecule has 15 heavy (non-hydrogen) atoms. The van der Waals surface area contributed by atoms with Gasteiger partial charge in [-0.2, -0.15) is 0 Å². The van der Waals surface area contributed by atoms with Crippen LogP contribution in [0.15, 0.2) is 27.5 Å². The Kier molecular flexibility index (Phi) is 2.62. The minimum atomic E-state index is -0.272. The number of halogens is 1. The molecule has 1 aromatic carbocycles. The molecule has 0 atom stereocenters. The van der Waals surface area contributed by atoms with Crippen molar-refractivity contribution in [3.05, 3.63) is 43.5 Å². The topological polar surface area (TPSA) is 53.6 Å². The summed E-state index contributed by atoms with van der Waals surface area (Å²) in [7, 11) is 0. The summed E-state index contributed by atoms with van der Waals surface area (Å²) in [6.07, 6.45) is 0. The largest absolute Gasteiger partial charge is 0.347 e. The van der Waals surface area contributed by atoms with Gasteiger partial charge in [-0.15, -0.1) is 0 Å². The molecule has 0 aliphatic rings.